The van der Waals surface area contributed by atoms with Gasteiger partial charge in [-0.25, -0.2) is 4.98 Å². The van der Waals surface area contributed by atoms with E-state index in [0.717, 1.165) is 67.4 Å². The molecule has 0 N–H and O–H groups in total. The minimum absolute atomic E-state index is 0.951. The predicted octanol–water partition coefficient (Wildman–Crippen LogP) is 16.2. The van der Waals surface area contributed by atoms with Crippen molar-refractivity contribution in [2.24, 2.45) is 0 Å². The van der Waals surface area contributed by atoms with E-state index in [1.165, 1.54) is 38.0 Å². The molecule has 0 saturated heterocycles. The first-order valence-electron chi connectivity index (χ1n) is 21.5. The zero-order valence-corrected chi connectivity index (χ0v) is 34.4. The monoisotopic (exact) mass is 804 g/mol. The number of hydrogen-bond donors (Lipinski definition) is 0. The van der Waals surface area contributed by atoms with Crippen molar-refractivity contribution in [3.8, 4) is 16.9 Å². The van der Waals surface area contributed by atoms with Gasteiger partial charge in [-0.05, 0) is 108 Å². The van der Waals surface area contributed by atoms with E-state index in [1.807, 2.05) is 0 Å². The molecule has 10 aromatic carbocycles. The summed E-state index contributed by atoms with van der Waals surface area (Å²) in [5.41, 5.74) is 12.9. The van der Waals surface area contributed by atoms with E-state index in [9.17, 15) is 0 Å². The number of para-hydroxylation sites is 5. The van der Waals surface area contributed by atoms with Gasteiger partial charge in [0.2, 0.25) is 0 Å². The molecule has 4 heteroatoms. The van der Waals surface area contributed by atoms with E-state index in [4.69, 9.17) is 4.98 Å². The first kappa shape index (κ1) is 36.4. The van der Waals surface area contributed by atoms with Crippen LogP contribution < -0.4 is 9.80 Å². The summed E-state index contributed by atoms with van der Waals surface area (Å²) in [6, 6.07) is 86.9. The molecule has 0 aliphatic rings. The van der Waals surface area contributed by atoms with Crippen LogP contribution in [0.25, 0.3) is 71.2 Å². The molecule has 0 radical (unpaired) electrons. The standard InChI is InChI=1S/C59H40N4/c1-4-20-44(21-5-1)61(45-22-6-2-7-23-45)47-33-35-48(36-34-47)62(50-32-31-41-17-10-11-18-42(41)39-50)49-26-16-19-43(40-49)58-54-38-37-52-51-27-13-15-30-56(51)63(46-24-8-3-9-25-46)59(52)57(54)53-28-12-14-29-55(53)60-58/h1-40H. The highest BCUT2D eigenvalue weighted by Crippen LogP contribution is 2.44. The van der Waals surface area contributed by atoms with Crippen LogP contribution >= 0.6 is 0 Å². The lowest BCUT2D eigenvalue weighted by Gasteiger charge is -2.28. The van der Waals surface area contributed by atoms with E-state index < -0.39 is 0 Å². The van der Waals surface area contributed by atoms with Gasteiger partial charge in [-0.1, -0.05) is 146 Å². The Balaban J connectivity index is 1.06. The van der Waals surface area contributed by atoms with Crippen molar-refractivity contribution >= 4 is 88.4 Å². The van der Waals surface area contributed by atoms with Crippen molar-refractivity contribution in [1.82, 2.24) is 9.55 Å². The zero-order valence-electron chi connectivity index (χ0n) is 34.4. The van der Waals surface area contributed by atoms with Crippen molar-refractivity contribution in [3.63, 3.8) is 0 Å². The third-order valence-electron chi connectivity index (χ3n) is 12.3. The van der Waals surface area contributed by atoms with Gasteiger partial charge in [0.25, 0.3) is 0 Å². The highest BCUT2D eigenvalue weighted by molar-refractivity contribution is 6.27. The lowest BCUT2D eigenvalue weighted by molar-refractivity contribution is 1.19. The summed E-state index contributed by atoms with van der Waals surface area (Å²) >= 11 is 0. The molecule has 0 spiro atoms. The second-order valence-corrected chi connectivity index (χ2v) is 16.0. The van der Waals surface area contributed by atoms with E-state index in [0.29, 0.717) is 0 Å². The molecule has 0 saturated carbocycles. The predicted molar refractivity (Wildman–Crippen MR) is 266 cm³/mol. The Morgan fingerprint density at radius 1 is 0.333 bits per heavy atom. The van der Waals surface area contributed by atoms with Gasteiger partial charge in [-0.2, -0.15) is 0 Å². The third-order valence-corrected chi connectivity index (χ3v) is 12.3. The van der Waals surface area contributed by atoms with E-state index >= 15 is 0 Å². The summed E-state index contributed by atoms with van der Waals surface area (Å²) in [7, 11) is 0. The zero-order chi connectivity index (χ0) is 41.7. The van der Waals surface area contributed by atoms with Crippen LogP contribution in [0.15, 0.2) is 243 Å². The molecule has 12 aromatic rings. The Labute approximate surface area is 365 Å². The average molecular weight is 805 g/mol. The largest absolute Gasteiger partial charge is 0.311 e. The van der Waals surface area contributed by atoms with Gasteiger partial charge in [0.05, 0.1) is 22.2 Å². The van der Waals surface area contributed by atoms with Crippen LogP contribution in [0.5, 0.6) is 0 Å². The molecular weight excluding hydrogens is 765 g/mol. The summed E-state index contributed by atoms with van der Waals surface area (Å²) in [6.45, 7) is 0. The van der Waals surface area contributed by atoms with Crippen LogP contribution in [0.3, 0.4) is 0 Å². The van der Waals surface area contributed by atoms with Gasteiger partial charge in [-0.15, -0.1) is 0 Å². The number of nitrogens with zero attached hydrogens (tertiary/aromatic N) is 4. The molecule has 12 rings (SSSR count). The topological polar surface area (TPSA) is 24.3 Å². The second kappa shape index (κ2) is 15.2. The van der Waals surface area contributed by atoms with Crippen LogP contribution in [0.2, 0.25) is 0 Å². The minimum Gasteiger partial charge on any atom is -0.311 e. The van der Waals surface area contributed by atoms with Gasteiger partial charge in [-0.3, -0.25) is 0 Å². The number of anilines is 6. The number of fused-ring (bicyclic) bond motifs is 8. The summed E-state index contributed by atoms with van der Waals surface area (Å²) in [5.74, 6) is 0. The molecule has 63 heavy (non-hydrogen) atoms. The number of hydrogen-bond acceptors (Lipinski definition) is 3. The van der Waals surface area contributed by atoms with Gasteiger partial charge >= 0.3 is 0 Å². The Bertz CT molecular complexity index is 3580. The molecule has 0 atom stereocenters. The Morgan fingerprint density at radius 2 is 0.857 bits per heavy atom. The summed E-state index contributed by atoms with van der Waals surface area (Å²) in [5, 5.41) is 8.29. The summed E-state index contributed by atoms with van der Waals surface area (Å²) in [4.78, 5) is 10.1. The first-order valence-corrected chi connectivity index (χ1v) is 21.5. The van der Waals surface area contributed by atoms with Gasteiger partial charge in [0.1, 0.15) is 0 Å². The molecule has 2 heterocycles. The van der Waals surface area contributed by atoms with Crippen molar-refractivity contribution in [3.05, 3.63) is 243 Å². The molecule has 0 unspecified atom stereocenters. The number of pyridine rings is 1. The van der Waals surface area contributed by atoms with Crippen LogP contribution in [0.1, 0.15) is 0 Å². The summed E-state index contributed by atoms with van der Waals surface area (Å²) in [6.07, 6.45) is 0. The maximum atomic E-state index is 5.48. The third kappa shape index (κ3) is 6.27. The molecule has 296 valence electrons. The van der Waals surface area contributed by atoms with Crippen LogP contribution in [-0.4, -0.2) is 9.55 Å². The van der Waals surface area contributed by atoms with Crippen molar-refractivity contribution in [1.29, 1.82) is 0 Å². The smallest absolute Gasteiger partial charge is 0.0789 e. The van der Waals surface area contributed by atoms with E-state index in [2.05, 4.69) is 257 Å². The van der Waals surface area contributed by atoms with Crippen LogP contribution in [-0.2, 0) is 0 Å². The normalized spacial score (nSPS) is 11.5. The lowest BCUT2D eigenvalue weighted by atomic mass is 9.97. The molecule has 0 aliphatic heterocycles. The van der Waals surface area contributed by atoms with Crippen molar-refractivity contribution in [2.45, 2.75) is 0 Å². The number of aromatic nitrogens is 2. The fourth-order valence-corrected chi connectivity index (χ4v) is 9.46. The number of rotatable bonds is 8. The maximum Gasteiger partial charge on any atom is 0.0789 e. The maximum absolute atomic E-state index is 5.48. The number of benzene rings is 10. The van der Waals surface area contributed by atoms with Gasteiger partial charge < -0.3 is 14.4 Å². The molecule has 2 aromatic heterocycles. The highest BCUT2D eigenvalue weighted by Gasteiger charge is 2.21. The first-order chi connectivity index (χ1) is 31.3. The SMILES string of the molecule is c1ccc(N(c2ccccc2)c2ccc(N(c3cccc(-c4nc5ccccc5c5c4ccc4c6ccccc6n(-c6ccccc6)c45)c3)c3ccc4ccccc4c3)cc2)cc1. The summed E-state index contributed by atoms with van der Waals surface area (Å²) < 4.78 is 2.43. The Kier molecular flexibility index (Phi) is 8.79. The second-order valence-electron chi connectivity index (χ2n) is 16.0. The van der Waals surface area contributed by atoms with Crippen LogP contribution in [0.4, 0.5) is 34.1 Å². The Hall–Kier alpha value is -8.47. The van der Waals surface area contributed by atoms with Crippen molar-refractivity contribution < 1.29 is 0 Å². The van der Waals surface area contributed by atoms with Gasteiger partial charge in [0, 0.05) is 72.3 Å². The molecule has 0 fully saturated rings. The molecule has 0 bridgehead atoms. The fraction of sp³-hybridized carbons (Fsp3) is 0. The fourth-order valence-electron chi connectivity index (χ4n) is 9.46. The molecule has 0 aliphatic carbocycles. The highest BCUT2D eigenvalue weighted by atomic mass is 15.2. The minimum atomic E-state index is 0.951. The lowest BCUT2D eigenvalue weighted by Crippen LogP contribution is -2.12. The van der Waals surface area contributed by atoms with E-state index in [-0.39, 0.29) is 0 Å². The Morgan fingerprint density at radius 3 is 1.59 bits per heavy atom. The van der Waals surface area contributed by atoms with Gasteiger partial charge in [0.15, 0.2) is 0 Å². The van der Waals surface area contributed by atoms with Crippen LogP contribution in [0, 0.1) is 0 Å². The van der Waals surface area contributed by atoms with Crippen molar-refractivity contribution in [2.75, 3.05) is 9.80 Å². The average Bonchev–Trinajstić information content (AvgIpc) is 3.70. The molecular formula is C59H40N4. The quantitative estimate of drug-likeness (QED) is 0.143. The molecule has 4 nitrogen and oxygen atoms in total. The molecule has 0 amide bonds. The van der Waals surface area contributed by atoms with E-state index in [1.54, 1.807) is 0 Å².